The molecule has 0 unspecified atom stereocenters. The molecule has 1 fully saturated rings. The van der Waals surface area contributed by atoms with Gasteiger partial charge in [-0.1, -0.05) is 12.1 Å². The molecule has 6 heteroatoms. The summed E-state index contributed by atoms with van der Waals surface area (Å²) in [6.45, 7) is 3.80. The van der Waals surface area contributed by atoms with Crippen LogP contribution in [0.15, 0.2) is 29.2 Å². The highest BCUT2D eigenvalue weighted by atomic mass is 32.2. The van der Waals surface area contributed by atoms with E-state index in [4.69, 9.17) is 10.5 Å². The molecule has 0 aliphatic carbocycles. The molecule has 1 aromatic carbocycles. The fourth-order valence-corrected chi connectivity index (χ4v) is 3.21. The summed E-state index contributed by atoms with van der Waals surface area (Å²) < 4.78 is 28.2. The molecule has 0 radical (unpaired) electrons. The average molecular weight is 312 g/mol. The smallest absolute Gasteiger partial charge is 0.175 e. The minimum Gasteiger partial charge on any atom is -0.381 e. The van der Waals surface area contributed by atoms with E-state index in [1.807, 2.05) is 12.1 Å². The maximum atomic E-state index is 11.4. The van der Waals surface area contributed by atoms with Crippen LogP contribution in [0.25, 0.3) is 0 Å². The molecule has 21 heavy (non-hydrogen) atoms. The Hall–Kier alpha value is -0.950. The maximum absolute atomic E-state index is 11.4. The first kappa shape index (κ1) is 16.4. The zero-order valence-corrected chi connectivity index (χ0v) is 13.3. The molecule has 1 saturated heterocycles. The van der Waals surface area contributed by atoms with Gasteiger partial charge in [-0.15, -0.1) is 0 Å². The van der Waals surface area contributed by atoms with Gasteiger partial charge in [-0.3, -0.25) is 0 Å². The van der Waals surface area contributed by atoms with Crippen LogP contribution < -0.4 is 11.1 Å². The number of benzene rings is 1. The summed E-state index contributed by atoms with van der Waals surface area (Å²) in [4.78, 5) is 0.356. The second-order valence-electron chi connectivity index (χ2n) is 5.84. The first-order chi connectivity index (χ1) is 9.95. The number of nitrogens with two attached hydrogens (primary N) is 1. The Morgan fingerprint density at radius 2 is 1.86 bits per heavy atom. The molecule has 1 heterocycles. The monoisotopic (exact) mass is 312 g/mol. The Labute approximate surface area is 126 Å². The average Bonchev–Trinajstić information content (AvgIpc) is 2.48. The zero-order valence-electron chi connectivity index (χ0n) is 12.5. The molecule has 1 aliphatic heterocycles. The lowest BCUT2D eigenvalue weighted by Crippen LogP contribution is -2.44. The molecule has 118 valence electrons. The third-order valence-corrected chi connectivity index (χ3v) is 5.30. The number of hydrogen-bond acceptors (Lipinski definition) is 5. The van der Waals surface area contributed by atoms with E-state index in [0.29, 0.717) is 18.0 Å². The fourth-order valence-electron chi connectivity index (χ4n) is 2.58. The second kappa shape index (κ2) is 6.87. The van der Waals surface area contributed by atoms with Gasteiger partial charge in [0.2, 0.25) is 0 Å². The molecular formula is C15H24N2O3S. The standard InChI is InChI=1S/C15H24N2O3S/c1-21(18,19)14-4-2-13(3-5-14)10-17-12-15(11-16)6-8-20-9-7-15/h2-5,17H,6-12,16H2,1H3. The summed E-state index contributed by atoms with van der Waals surface area (Å²) in [5.74, 6) is 0. The van der Waals surface area contributed by atoms with Gasteiger partial charge in [-0.2, -0.15) is 0 Å². The third-order valence-electron chi connectivity index (χ3n) is 4.17. The fraction of sp³-hybridized carbons (Fsp3) is 0.600. The summed E-state index contributed by atoms with van der Waals surface area (Å²) in [5, 5.41) is 3.44. The lowest BCUT2D eigenvalue weighted by atomic mass is 9.80. The Balaban J connectivity index is 1.88. The van der Waals surface area contributed by atoms with E-state index in [-0.39, 0.29) is 5.41 Å². The van der Waals surface area contributed by atoms with Crippen molar-refractivity contribution in [2.75, 3.05) is 32.6 Å². The molecule has 0 bridgehead atoms. The topological polar surface area (TPSA) is 81.4 Å². The van der Waals surface area contributed by atoms with Crippen molar-refractivity contribution in [3.63, 3.8) is 0 Å². The minimum absolute atomic E-state index is 0.130. The predicted molar refractivity (Wildman–Crippen MR) is 82.8 cm³/mol. The molecular weight excluding hydrogens is 288 g/mol. The summed E-state index contributed by atoms with van der Waals surface area (Å²) >= 11 is 0. The zero-order chi connectivity index (χ0) is 15.3. The van der Waals surface area contributed by atoms with E-state index in [1.165, 1.54) is 6.26 Å². The molecule has 0 aromatic heterocycles. The van der Waals surface area contributed by atoms with Crippen molar-refractivity contribution in [3.8, 4) is 0 Å². The lowest BCUT2D eigenvalue weighted by Gasteiger charge is -2.36. The lowest BCUT2D eigenvalue weighted by molar-refractivity contribution is 0.0191. The van der Waals surface area contributed by atoms with E-state index < -0.39 is 9.84 Å². The SMILES string of the molecule is CS(=O)(=O)c1ccc(CNCC2(CN)CCOCC2)cc1. The van der Waals surface area contributed by atoms with E-state index in [0.717, 1.165) is 38.2 Å². The molecule has 1 aliphatic rings. The van der Waals surface area contributed by atoms with Gasteiger partial charge in [0, 0.05) is 32.6 Å². The largest absolute Gasteiger partial charge is 0.381 e. The first-order valence-corrected chi connectivity index (χ1v) is 9.12. The van der Waals surface area contributed by atoms with E-state index in [2.05, 4.69) is 5.32 Å². The van der Waals surface area contributed by atoms with Gasteiger partial charge in [0.25, 0.3) is 0 Å². The van der Waals surface area contributed by atoms with E-state index in [9.17, 15) is 8.42 Å². The molecule has 2 rings (SSSR count). The Bertz CT molecular complexity index is 549. The van der Waals surface area contributed by atoms with Crippen LogP contribution in [0, 0.1) is 5.41 Å². The molecule has 5 nitrogen and oxygen atoms in total. The van der Waals surface area contributed by atoms with Crippen molar-refractivity contribution in [1.82, 2.24) is 5.32 Å². The van der Waals surface area contributed by atoms with Crippen LogP contribution >= 0.6 is 0 Å². The summed E-state index contributed by atoms with van der Waals surface area (Å²) in [6.07, 6.45) is 3.20. The van der Waals surface area contributed by atoms with Gasteiger partial charge in [0.15, 0.2) is 9.84 Å². The van der Waals surface area contributed by atoms with Crippen LogP contribution in [-0.4, -0.2) is 41.0 Å². The number of nitrogens with one attached hydrogen (secondary N) is 1. The van der Waals surface area contributed by atoms with Crippen LogP contribution in [0.2, 0.25) is 0 Å². The molecule has 0 amide bonds. The van der Waals surface area contributed by atoms with Crippen molar-refractivity contribution >= 4 is 9.84 Å². The minimum atomic E-state index is -3.12. The summed E-state index contributed by atoms with van der Waals surface area (Å²) in [6, 6.07) is 7.00. The molecule has 0 atom stereocenters. The number of ether oxygens (including phenoxy) is 1. The van der Waals surface area contributed by atoms with Gasteiger partial charge in [-0.25, -0.2) is 8.42 Å². The maximum Gasteiger partial charge on any atom is 0.175 e. The van der Waals surface area contributed by atoms with Crippen molar-refractivity contribution in [1.29, 1.82) is 0 Å². The van der Waals surface area contributed by atoms with E-state index in [1.54, 1.807) is 12.1 Å². The van der Waals surface area contributed by atoms with Crippen molar-refractivity contribution in [3.05, 3.63) is 29.8 Å². The highest BCUT2D eigenvalue weighted by Crippen LogP contribution is 2.28. The Morgan fingerprint density at radius 3 is 2.38 bits per heavy atom. The number of rotatable bonds is 6. The van der Waals surface area contributed by atoms with Crippen molar-refractivity contribution < 1.29 is 13.2 Å². The van der Waals surface area contributed by atoms with Gasteiger partial charge in [-0.05, 0) is 42.5 Å². The van der Waals surface area contributed by atoms with Gasteiger partial charge in [0.1, 0.15) is 0 Å². The number of hydrogen-bond donors (Lipinski definition) is 2. The van der Waals surface area contributed by atoms with Crippen molar-refractivity contribution in [2.24, 2.45) is 11.1 Å². The highest BCUT2D eigenvalue weighted by Gasteiger charge is 2.30. The predicted octanol–water partition coefficient (Wildman–Crippen LogP) is 0.935. The second-order valence-corrected chi connectivity index (χ2v) is 7.85. The van der Waals surface area contributed by atoms with E-state index >= 15 is 0 Å². The van der Waals surface area contributed by atoms with Gasteiger partial charge in [0.05, 0.1) is 4.90 Å². The quantitative estimate of drug-likeness (QED) is 0.817. The molecule has 1 aromatic rings. The normalized spacial score (nSPS) is 18.6. The highest BCUT2D eigenvalue weighted by molar-refractivity contribution is 7.90. The van der Waals surface area contributed by atoms with Crippen LogP contribution in [0.1, 0.15) is 18.4 Å². The van der Waals surface area contributed by atoms with Crippen LogP contribution in [0.5, 0.6) is 0 Å². The summed E-state index contributed by atoms with van der Waals surface area (Å²) in [7, 11) is -3.12. The summed E-state index contributed by atoms with van der Waals surface area (Å²) in [5.41, 5.74) is 7.12. The van der Waals surface area contributed by atoms with Crippen LogP contribution in [-0.2, 0) is 21.1 Å². The van der Waals surface area contributed by atoms with Crippen LogP contribution in [0.3, 0.4) is 0 Å². The Morgan fingerprint density at radius 1 is 1.24 bits per heavy atom. The first-order valence-electron chi connectivity index (χ1n) is 7.23. The van der Waals surface area contributed by atoms with Gasteiger partial charge < -0.3 is 15.8 Å². The van der Waals surface area contributed by atoms with Gasteiger partial charge >= 0.3 is 0 Å². The number of sulfone groups is 1. The van der Waals surface area contributed by atoms with Crippen LogP contribution in [0.4, 0.5) is 0 Å². The molecule has 0 saturated carbocycles. The van der Waals surface area contributed by atoms with Crippen molar-refractivity contribution in [2.45, 2.75) is 24.3 Å². The third kappa shape index (κ3) is 4.51. The molecule has 3 N–H and O–H groups in total. The Kier molecular flexibility index (Phi) is 5.37. The molecule has 0 spiro atoms.